The van der Waals surface area contributed by atoms with Crippen LogP contribution in [0.2, 0.25) is 0 Å². The molecule has 0 atom stereocenters. The summed E-state index contributed by atoms with van der Waals surface area (Å²) in [6.07, 6.45) is 0. The topological polar surface area (TPSA) is 108 Å². The number of rotatable bonds is 5. The van der Waals surface area contributed by atoms with Gasteiger partial charge in [-0.2, -0.15) is 0 Å². The molecule has 0 radical (unpaired) electrons. The predicted molar refractivity (Wildman–Crippen MR) is 120 cm³/mol. The zero-order valence-electron chi connectivity index (χ0n) is 18.2. The molecule has 1 aliphatic rings. The standard InChI is InChI=1S/C24H23N3O6/c1-15-12-19(16(2)27(15)18-6-4-3-5-7-18)23(29)33-14-22(28)26-24(30)25-17-8-9-20-21(13-17)32-11-10-31-20/h3-9,12-13H,10-11,14H2,1-2H3,(H2,25,26,28,30). The van der Waals surface area contributed by atoms with Crippen molar-refractivity contribution >= 4 is 23.6 Å². The molecule has 1 aliphatic heterocycles. The number of imide groups is 1. The maximum Gasteiger partial charge on any atom is 0.340 e. The molecule has 9 heteroatoms. The van der Waals surface area contributed by atoms with Crippen LogP contribution in [-0.4, -0.2) is 42.3 Å². The van der Waals surface area contributed by atoms with E-state index in [1.165, 1.54) is 0 Å². The number of fused-ring (bicyclic) bond motifs is 1. The molecule has 170 valence electrons. The lowest BCUT2D eigenvalue weighted by Gasteiger charge is -2.19. The number of aryl methyl sites for hydroxylation is 1. The molecule has 0 aliphatic carbocycles. The number of urea groups is 1. The maximum atomic E-state index is 12.5. The smallest absolute Gasteiger partial charge is 0.340 e. The summed E-state index contributed by atoms with van der Waals surface area (Å²) in [5.41, 5.74) is 3.24. The number of carbonyl (C=O) groups excluding carboxylic acids is 3. The van der Waals surface area contributed by atoms with Crippen LogP contribution < -0.4 is 20.1 Å². The molecular weight excluding hydrogens is 426 g/mol. The Bertz CT molecular complexity index is 1200. The number of anilines is 1. The average molecular weight is 449 g/mol. The van der Waals surface area contributed by atoms with Gasteiger partial charge in [-0.25, -0.2) is 9.59 Å². The molecule has 0 spiro atoms. The molecule has 4 rings (SSSR count). The van der Waals surface area contributed by atoms with Crippen molar-refractivity contribution in [3.63, 3.8) is 0 Å². The minimum Gasteiger partial charge on any atom is -0.486 e. The zero-order valence-corrected chi connectivity index (χ0v) is 18.2. The fourth-order valence-corrected chi connectivity index (χ4v) is 3.60. The van der Waals surface area contributed by atoms with Gasteiger partial charge < -0.3 is 24.1 Å². The summed E-state index contributed by atoms with van der Waals surface area (Å²) >= 11 is 0. The minimum atomic E-state index is -0.755. The summed E-state index contributed by atoms with van der Waals surface area (Å²) in [4.78, 5) is 36.7. The van der Waals surface area contributed by atoms with E-state index in [9.17, 15) is 14.4 Å². The molecule has 2 N–H and O–H groups in total. The zero-order chi connectivity index (χ0) is 23.4. The lowest BCUT2D eigenvalue weighted by molar-refractivity contribution is -0.123. The van der Waals surface area contributed by atoms with Crippen LogP contribution in [0.25, 0.3) is 5.69 Å². The Kier molecular flexibility index (Phi) is 6.30. The summed E-state index contributed by atoms with van der Waals surface area (Å²) in [6.45, 7) is 3.97. The second-order valence-corrected chi connectivity index (χ2v) is 7.39. The van der Waals surface area contributed by atoms with E-state index in [-0.39, 0.29) is 0 Å². The molecule has 0 saturated heterocycles. The van der Waals surface area contributed by atoms with Crippen LogP contribution in [0.4, 0.5) is 10.5 Å². The highest BCUT2D eigenvalue weighted by molar-refractivity contribution is 6.02. The summed E-state index contributed by atoms with van der Waals surface area (Å²) in [5.74, 6) is -0.308. The van der Waals surface area contributed by atoms with Crippen molar-refractivity contribution in [2.75, 3.05) is 25.1 Å². The average Bonchev–Trinajstić information content (AvgIpc) is 3.11. The van der Waals surface area contributed by atoms with E-state index >= 15 is 0 Å². The van der Waals surface area contributed by atoms with E-state index in [1.54, 1.807) is 31.2 Å². The van der Waals surface area contributed by atoms with E-state index in [4.69, 9.17) is 14.2 Å². The second-order valence-electron chi connectivity index (χ2n) is 7.39. The number of amides is 3. The summed E-state index contributed by atoms with van der Waals surface area (Å²) in [7, 11) is 0. The first-order chi connectivity index (χ1) is 15.9. The number of nitrogens with zero attached hydrogens (tertiary/aromatic N) is 1. The fraction of sp³-hybridized carbons (Fsp3) is 0.208. The Morgan fingerprint density at radius 2 is 1.70 bits per heavy atom. The number of para-hydroxylation sites is 1. The van der Waals surface area contributed by atoms with Gasteiger partial charge in [-0.1, -0.05) is 18.2 Å². The van der Waals surface area contributed by atoms with Crippen LogP contribution in [0.3, 0.4) is 0 Å². The highest BCUT2D eigenvalue weighted by atomic mass is 16.6. The molecule has 1 aromatic heterocycles. The SMILES string of the molecule is Cc1cc(C(=O)OCC(=O)NC(=O)Nc2ccc3c(c2)OCCO3)c(C)n1-c1ccccc1. The summed E-state index contributed by atoms with van der Waals surface area (Å²) in [5, 5.41) is 4.66. The van der Waals surface area contributed by atoms with Crippen molar-refractivity contribution in [2.24, 2.45) is 0 Å². The van der Waals surface area contributed by atoms with Gasteiger partial charge >= 0.3 is 12.0 Å². The molecule has 2 aromatic carbocycles. The molecule has 33 heavy (non-hydrogen) atoms. The molecule has 0 unspecified atom stereocenters. The normalized spacial score (nSPS) is 12.1. The minimum absolute atomic E-state index is 0.352. The molecule has 0 bridgehead atoms. The van der Waals surface area contributed by atoms with E-state index in [0.29, 0.717) is 41.7 Å². The molecule has 9 nitrogen and oxygen atoms in total. The van der Waals surface area contributed by atoms with Crippen molar-refractivity contribution in [3.8, 4) is 17.2 Å². The van der Waals surface area contributed by atoms with Gasteiger partial charge in [-0.05, 0) is 44.2 Å². The van der Waals surface area contributed by atoms with Crippen molar-refractivity contribution in [1.29, 1.82) is 0 Å². The first-order valence-corrected chi connectivity index (χ1v) is 10.3. The van der Waals surface area contributed by atoms with Crippen LogP contribution in [0.15, 0.2) is 54.6 Å². The van der Waals surface area contributed by atoms with Crippen LogP contribution in [0.1, 0.15) is 21.7 Å². The Hall–Kier alpha value is -4.27. The molecular formula is C24H23N3O6. The highest BCUT2D eigenvalue weighted by Crippen LogP contribution is 2.32. The van der Waals surface area contributed by atoms with Crippen LogP contribution in [0.5, 0.6) is 11.5 Å². The third-order valence-electron chi connectivity index (χ3n) is 5.05. The van der Waals surface area contributed by atoms with Gasteiger partial charge in [0.2, 0.25) is 0 Å². The molecule has 3 amide bonds. The first-order valence-electron chi connectivity index (χ1n) is 10.3. The molecule has 2 heterocycles. The Balaban J connectivity index is 1.32. The third kappa shape index (κ3) is 4.98. The van der Waals surface area contributed by atoms with E-state index in [1.807, 2.05) is 41.8 Å². The first kappa shape index (κ1) is 21.9. The number of aromatic nitrogens is 1. The van der Waals surface area contributed by atoms with Gasteiger partial charge in [0.05, 0.1) is 5.56 Å². The highest BCUT2D eigenvalue weighted by Gasteiger charge is 2.20. The maximum absolute atomic E-state index is 12.5. The fourth-order valence-electron chi connectivity index (χ4n) is 3.60. The van der Waals surface area contributed by atoms with Crippen LogP contribution in [-0.2, 0) is 9.53 Å². The predicted octanol–water partition coefficient (Wildman–Crippen LogP) is 3.37. The summed E-state index contributed by atoms with van der Waals surface area (Å²) < 4.78 is 17.9. The lowest BCUT2D eigenvalue weighted by atomic mass is 10.2. The largest absolute Gasteiger partial charge is 0.486 e. The number of nitrogens with one attached hydrogen (secondary N) is 2. The van der Waals surface area contributed by atoms with Crippen molar-refractivity contribution < 1.29 is 28.6 Å². The van der Waals surface area contributed by atoms with Gasteiger partial charge in [-0.15, -0.1) is 0 Å². The molecule has 0 saturated carbocycles. The van der Waals surface area contributed by atoms with Crippen molar-refractivity contribution in [3.05, 3.63) is 71.5 Å². The van der Waals surface area contributed by atoms with Gasteiger partial charge in [0.25, 0.3) is 5.91 Å². The lowest BCUT2D eigenvalue weighted by Crippen LogP contribution is -2.37. The number of hydrogen-bond acceptors (Lipinski definition) is 6. The van der Waals surface area contributed by atoms with E-state index < -0.39 is 24.5 Å². The number of carbonyl (C=O) groups is 3. The third-order valence-corrected chi connectivity index (χ3v) is 5.05. The number of hydrogen-bond donors (Lipinski definition) is 2. The Labute approximate surface area is 190 Å². The van der Waals surface area contributed by atoms with E-state index in [2.05, 4.69) is 10.6 Å². The van der Waals surface area contributed by atoms with Crippen molar-refractivity contribution in [1.82, 2.24) is 9.88 Å². The Morgan fingerprint density at radius 1 is 0.970 bits per heavy atom. The summed E-state index contributed by atoms with van der Waals surface area (Å²) in [6, 6.07) is 15.4. The monoisotopic (exact) mass is 449 g/mol. The van der Waals surface area contributed by atoms with Gasteiger partial charge in [0.15, 0.2) is 18.1 Å². The van der Waals surface area contributed by atoms with Gasteiger partial charge in [-0.3, -0.25) is 10.1 Å². The number of esters is 1. The van der Waals surface area contributed by atoms with Gasteiger partial charge in [0, 0.05) is 28.8 Å². The van der Waals surface area contributed by atoms with Crippen LogP contribution in [0, 0.1) is 13.8 Å². The quantitative estimate of drug-likeness (QED) is 0.579. The van der Waals surface area contributed by atoms with Gasteiger partial charge in [0.1, 0.15) is 13.2 Å². The molecule has 0 fully saturated rings. The number of benzene rings is 2. The second kappa shape index (κ2) is 9.47. The molecule has 3 aromatic rings. The van der Waals surface area contributed by atoms with Crippen molar-refractivity contribution in [2.45, 2.75) is 13.8 Å². The Morgan fingerprint density at radius 3 is 2.45 bits per heavy atom. The number of ether oxygens (including phenoxy) is 3. The van der Waals surface area contributed by atoms with E-state index in [0.717, 1.165) is 11.4 Å². The van der Waals surface area contributed by atoms with Crippen LogP contribution >= 0.6 is 0 Å².